The van der Waals surface area contributed by atoms with Crippen LogP contribution in [0.1, 0.15) is 40.5 Å². The van der Waals surface area contributed by atoms with Gasteiger partial charge in [0.05, 0.1) is 0 Å². The van der Waals surface area contributed by atoms with E-state index in [1.807, 2.05) is 0 Å². The van der Waals surface area contributed by atoms with Crippen LogP contribution in [0.4, 0.5) is 0 Å². The SMILES string of the molecule is CCCNC(C)CS(=O)CC(C)CC. The molecule has 0 bridgehead atoms. The van der Waals surface area contributed by atoms with Gasteiger partial charge in [0.1, 0.15) is 0 Å². The van der Waals surface area contributed by atoms with Crippen molar-refractivity contribution in [1.82, 2.24) is 5.32 Å². The van der Waals surface area contributed by atoms with E-state index in [2.05, 4.69) is 33.0 Å². The maximum atomic E-state index is 11.7. The van der Waals surface area contributed by atoms with Crippen LogP contribution in [0.3, 0.4) is 0 Å². The van der Waals surface area contributed by atoms with Crippen LogP contribution in [0.15, 0.2) is 0 Å². The maximum absolute atomic E-state index is 11.7. The zero-order valence-corrected chi connectivity index (χ0v) is 10.8. The summed E-state index contributed by atoms with van der Waals surface area (Å²) in [6.45, 7) is 9.62. The molecule has 0 saturated heterocycles. The lowest BCUT2D eigenvalue weighted by molar-refractivity contribution is 0.574. The summed E-state index contributed by atoms with van der Waals surface area (Å²) < 4.78 is 11.7. The smallest absolute Gasteiger partial charge is 0.0386 e. The first-order valence-electron chi connectivity index (χ1n) is 5.68. The molecule has 0 aliphatic carbocycles. The molecule has 3 atom stereocenters. The minimum Gasteiger partial charge on any atom is -0.313 e. The Morgan fingerprint density at radius 3 is 2.36 bits per heavy atom. The molecule has 2 nitrogen and oxygen atoms in total. The molecule has 0 spiro atoms. The molecule has 0 heterocycles. The first-order valence-corrected chi connectivity index (χ1v) is 7.17. The first-order chi connectivity index (χ1) is 6.60. The van der Waals surface area contributed by atoms with Crippen LogP contribution < -0.4 is 5.32 Å². The van der Waals surface area contributed by atoms with Crippen molar-refractivity contribution in [3.8, 4) is 0 Å². The molecular formula is C11H25NOS. The van der Waals surface area contributed by atoms with Gasteiger partial charge in [-0.05, 0) is 25.8 Å². The van der Waals surface area contributed by atoms with Crippen LogP contribution >= 0.6 is 0 Å². The Kier molecular flexibility index (Phi) is 8.49. The van der Waals surface area contributed by atoms with E-state index in [0.717, 1.165) is 30.9 Å². The summed E-state index contributed by atoms with van der Waals surface area (Å²) in [5.74, 6) is 2.24. The zero-order chi connectivity index (χ0) is 11.0. The molecule has 86 valence electrons. The van der Waals surface area contributed by atoms with Gasteiger partial charge in [-0.1, -0.05) is 27.2 Å². The molecule has 0 rings (SSSR count). The molecule has 0 saturated carbocycles. The Bertz CT molecular complexity index is 161. The van der Waals surface area contributed by atoms with Gasteiger partial charge in [-0.15, -0.1) is 0 Å². The fraction of sp³-hybridized carbons (Fsp3) is 1.00. The summed E-state index contributed by atoms with van der Waals surface area (Å²) in [6, 6.07) is 0.389. The summed E-state index contributed by atoms with van der Waals surface area (Å²) in [7, 11) is -0.646. The predicted octanol–water partition coefficient (Wildman–Crippen LogP) is 2.17. The van der Waals surface area contributed by atoms with Gasteiger partial charge >= 0.3 is 0 Å². The Morgan fingerprint density at radius 2 is 1.86 bits per heavy atom. The van der Waals surface area contributed by atoms with Gasteiger partial charge in [0.25, 0.3) is 0 Å². The van der Waals surface area contributed by atoms with Crippen LogP contribution in [0.2, 0.25) is 0 Å². The van der Waals surface area contributed by atoms with E-state index in [0.29, 0.717) is 12.0 Å². The molecule has 1 N–H and O–H groups in total. The number of nitrogens with one attached hydrogen (secondary N) is 1. The van der Waals surface area contributed by atoms with Crippen molar-refractivity contribution in [2.24, 2.45) is 5.92 Å². The molecule has 0 aromatic carbocycles. The highest BCUT2D eigenvalue weighted by Crippen LogP contribution is 2.03. The third-order valence-electron chi connectivity index (χ3n) is 2.35. The molecule has 0 aliphatic rings. The Morgan fingerprint density at radius 1 is 1.21 bits per heavy atom. The van der Waals surface area contributed by atoms with Gasteiger partial charge in [0.15, 0.2) is 0 Å². The lowest BCUT2D eigenvalue weighted by atomic mass is 10.2. The van der Waals surface area contributed by atoms with Gasteiger partial charge in [0, 0.05) is 28.3 Å². The van der Waals surface area contributed by atoms with Gasteiger partial charge in [-0.25, -0.2) is 0 Å². The minimum atomic E-state index is -0.646. The molecule has 0 aromatic rings. The zero-order valence-electron chi connectivity index (χ0n) is 10.0. The fourth-order valence-electron chi connectivity index (χ4n) is 1.23. The maximum Gasteiger partial charge on any atom is 0.0386 e. The third-order valence-corrected chi connectivity index (χ3v) is 4.16. The van der Waals surface area contributed by atoms with E-state index in [-0.39, 0.29) is 0 Å². The minimum absolute atomic E-state index is 0.389. The van der Waals surface area contributed by atoms with Gasteiger partial charge in [0.2, 0.25) is 0 Å². The standard InChI is InChI=1S/C11H25NOS/c1-5-7-12-11(4)9-14(13)8-10(3)6-2/h10-12H,5-9H2,1-4H3. The van der Waals surface area contributed by atoms with E-state index >= 15 is 0 Å². The predicted molar refractivity (Wildman–Crippen MR) is 65.1 cm³/mol. The van der Waals surface area contributed by atoms with Crippen molar-refractivity contribution >= 4 is 10.8 Å². The second-order valence-corrected chi connectivity index (χ2v) is 5.69. The summed E-state index contributed by atoms with van der Waals surface area (Å²) in [4.78, 5) is 0. The Labute approximate surface area is 91.3 Å². The largest absolute Gasteiger partial charge is 0.313 e. The normalized spacial score (nSPS) is 17.7. The van der Waals surface area contributed by atoms with Crippen LogP contribution in [-0.2, 0) is 10.8 Å². The molecule has 0 amide bonds. The van der Waals surface area contributed by atoms with Crippen LogP contribution in [0, 0.1) is 5.92 Å². The van der Waals surface area contributed by atoms with Crippen LogP contribution in [0.5, 0.6) is 0 Å². The van der Waals surface area contributed by atoms with Gasteiger partial charge < -0.3 is 5.32 Å². The van der Waals surface area contributed by atoms with E-state index < -0.39 is 10.8 Å². The second-order valence-electron chi connectivity index (χ2n) is 4.14. The van der Waals surface area contributed by atoms with E-state index in [1.54, 1.807) is 0 Å². The second kappa shape index (κ2) is 8.42. The lowest BCUT2D eigenvalue weighted by Crippen LogP contribution is -2.32. The lowest BCUT2D eigenvalue weighted by Gasteiger charge is -2.14. The topological polar surface area (TPSA) is 29.1 Å². The highest BCUT2D eigenvalue weighted by Gasteiger charge is 2.09. The Balaban J connectivity index is 3.60. The molecular weight excluding hydrogens is 194 g/mol. The average molecular weight is 219 g/mol. The van der Waals surface area contributed by atoms with Crippen molar-refractivity contribution in [2.75, 3.05) is 18.1 Å². The van der Waals surface area contributed by atoms with Crippen molar-refractivity contribution in [3.63, 3.8) is 0 Å². The number of rotatable bonds is 8. The van der Waals surface area contributed by atoms with E-state index in [9.17, 15) is 4.21 Å². The van der Waals surface area contributed by atoms with Crippen LogP contribution in [-0.4, -0.2) is 28.3 Å². The Hall–Kier alpha value is 0.110. The quantitative estimate of drug-likeness (QED) is 0.678. The molecule has 14 heavy (non-hydrogen) atoms. The summed E-state index contributed by atoms with van der Waals surface area (Å²) in [6.07, 6.45) is 2.27. The molecule has 0 radical (unpaired) electrons. The van der Waals surface area contributed by atoms with Crippen molar-refractivity contribution < 1.29 is 4.21 Å². The summed E-state index contributed by atoms with van der Waals surface area (Å²) in [5.41, 5.74) is 0. The molecule has 0 fully saturated rings. The molecule has 3 heteroatoms. The first kappa shape index (κ1) is 14.1. The van der Waals surface area contributed by atoms with Crippen molar-refractivity contribution in [3.05, 3.63) is 0 Å². The molecule has 0 aliphatic heterocycles. The van der Waals surface area contributed by atoms with Gasteiger partial charge in [-0.3, -0.25) is 4.21 Å². The summed E-state index contributed by atoms with van der Waals surface area (Å²) in [5, 5.41) is 3.36. The van der Waals surface area contributed by atoms with E-state index in [1.165, 1.54) is 0 Å². The van der Waals surface area contributed by atoms with Crippen molar-refractivity contribution in [1.29, 1.82) is 0 Å². The van der Waals surface area contributed by atoms with Crippen LogP contribution in [0.25, 0.3) is 0 Å². The van der Waals surface area contributed by atoms with E-state index in [4.69, 9.17) is 0 Å². The highest BCUT2D eigenvalue weighted by molar-refractivity contribution is 7.85. The molecule has 0 aromatic heterocycles. The van der Waals surface area contributed by atoms with Crippen molar-refractivity contribution in [2.45, 2.75) is 46.6 Å². The highest BCUT2D eigenvalue weighted by atomic mass is 32.2. The molecule has 3 unspecified atom stereocenters. The average Bonchev–Trinajstić information content (AvgIpc) is 2.14. The summed E-state index contributed by atoms with van der Waals surface area (Å²) >= 11 is 0. The van der Waals surface area contributed by atoms with Gasteiger partial charge in [-0.2, -0.15) is 0 Å². The number of hydrogen-bond acceptors (Lipinski definition) is 2. The number of hydrogen-bond donors (Lipinski definition) is 1. The fourth-order valence-corrected chi connectivity index (χ4v) is 2.91. The third kappa shape index (κ3) is 7.51. The monoisotopic (exact) mass is 219 g/mol.